The van der Waals surface area contributed by atoms with E-state index in [1.807, 2.05) is 0 Å². The fourth-order valence-electron chi connectivity index (χ4n) is 0.0504. The quantitative estimate of drug-likeness (QED) is 0.415. The van der Waals surface area contributed by atoms with Crippen molar-refractivity contribution in [1.82, 2.24) is 0 Å². The maximum absolute atomic E-state index is 9.66. The van der Waals surface area contributed by atoms with Crippen molar-refractivity contribution < 1.29 is 31.4 Å². The number of carbonyl (C=O) groups is 1. The van der Waals surface area contributed by atoms with Gasteiger partial charge in [0.15, 0.2) is 6.26 Å². The molecule has 6 nitrogen and oxygen atoms in total. The molecule has 0 saturated carbocycles. The van der Waals surface area contributed by atoms with Crippen molar-refractivity contribution >= 4 is 5.97 Å². The number of hydrogen-bond acceptors (Lipinski definition) is 1. The van der Waals surface area contributed by atoms with Crippen molar-refractivity contribution in [1.29, 1.82) is 0 Å². The molecule has 7 radical (unpaired) electrons. The first-order chi connectivity index (χ1) is 3.18. The molecule has 0 spiro atoms. The SMILES string of the molecule is CC(=C[O])C(=O)O.[O].[O].[O]. The molecule has 0 rings (SSSR count). The van der Waals surface area contributed by atoms with Gasteiger partial charge in [-0.05, 0) is 6.92 Å². The molecule has 0 unspecified atom stereocenters. The van der Waals surface area contributed by atoms with Gasteiger partial charge >= 0.3 is 5.97 Å². The molecule has 0 fully saturated rings. The van der Waals surface area contributed by atoms with Crippen LogP contribution < -0.4 is 0 Å². The molecular weight excluding hydrogens is 144 g/mol. The van der Waals surface area contributed by atoms with E-state index in [0.29, 0.717) is 6.26 Å². The van der Waals surface area contributed by atoms with Crippen molar-refractivity contribution in [3.05, 3.63) is 11.8 Å². The average molecular weight is 149 g/mol. The maximum atomic E-state index is 9.66. The van der Waals surface area contributed by atoms with Crippen LogP contribution in [0.4, 0.5) is 0 Å². The molecule has 0 aliphatic carbocycles. The van der Waals surface area contributed by atoms with E-state index in [4.69, 9.17) is 5.11 Å². The summed E-state index contributed by atoms with van der Waals surface area (Å²) in [6, 6.07) is 0. The fourth-order valence-corrected chi connectivity index (χ4v) is 0.0504. The van der Waals surface area contributed by atoms with Crippen LogP contribution in [0.3, 0.4) is 0 Å². The zero-order chi connectivity index (χ0) is 5.86. The predicted octanol–water partition coefficient (Wildman–Crippen LogP) is 0.0489. The van der Waals surface area contributed by atoms with Gasteiger partial charge in [0, 0.05) is 16.4 Å². The fraction of sp³-hybridized carbons (Fsp3) is 0.250. The van der Waals surface area contributed by atoms with Crippen LogP contribution in [-0.2, 0) is 26.3 Å². The van der Waals surface area contributed by atoms with Crippen molar-refractivity contribution in [3.63, 3.8) is 0 Å². The van der Waals surface area contributed by atoms with Gasteiger partial charge in [-0.3, -0.25) is 5.11 Å². The van der Waals surface area contributed by atoms with Crippen LogP contribution >= 0.6 is 0 Å². The standard InChI is InChI=1S/C4H5O3.3O/c1-3(2-5)4(6)7;;;/h2H,1H3,(H,6,7);;;. The van der Waals surface area contributed by atoms with Gasteiger partial charge in [-0.2, -0.15) is 0 Å². The smallest absolute Gasteiger partial charge is 0.334 e. The second-order valence-electron chi connectivity index (χ2n) is 1.11. The number of rotatable bonds is 1. The summed E-state index contributed by atoms with van der Waals surface area (Å²) in [5.74, 6) is -1.16. The van der Waals surface area contributed by atoms with E-state index in [1.165, 1.54) is 6.92 Å². The number of carboxylic acid groups (broad SMARTS) is 1. The van der Waals surface area contributed by atoms with Gasteiger partial charge in [0.25, 0.3) is 0 Å². The highest BCUT2D eigenvalue weighted by Crippen LogP contribution is 1.86. The molecule has 1 N–H and O–H groups in total. The zero-order valence-electron chi connectivity index (χ0n) is 5.07. The molecule has 0 bridgehead atoms. The molecule has 6 heteroatoms. The summed E-state index contributed by atoms with van der Waals surface area (Å²) < 4.78 is 0. The largest absolute Gasteiger partial charge is 0.478 e. The van der Waals surface area contributed by atoms with Gasteiger partial charge in [0.2, 0.25) is 0 Å². The second-order valence-corrected chi connectivity index (χ2v) is 1.11. The van der Waals surface area contributed by atoms with Gasteiger partial charge in [-0.1, -0.05) is 0 Å². The Morgan fingerprint density at radius 3 is 1.60 bits per heavy atom. The third-order valence-electron chi connectivity index (χ3n) is 0.514. The van der Waals surface area contributed by atoms with Crippen LogP contribution in [0.2, 0.25) is 0 Å². The minimum Gasteiger partial charge on any atom is -0.478 e. The molecule has 0 aromatic carbocycles. The Labute approximate surface area is 57.3 Å². The molecule has 0 saturated heterocycles. The van der Waals surface area contributed by atoms with Gasteiger partial charge in [0.05, 0.1) is 5.57 Å². The van der Waals surface area contributed by atoms with Crippen LogP contribution in [0, 0.1) is 0 Å². The molecule has 0 atom stereocenters. The summed E-state index contributed by atoms with van der Waals surface area (Å²) in [5.41, 5.74) is -0.167. The van der Waals surface area contributed by atoms with E-state index in [1.54, 1.807) is 0 Å². The highest BCUT2D eigenvalue weighted by atomic mass is 16.4. The van der Waals surface area contributed by atoms with Gasteiger partial charge in [-0.15, -0.1) is 0 Å². The van der Waals surface area contributed by atoms with E-state index in [0.717, 1.165) is 0 Å². The maximum Gasteiger partial charge on any atom is 0.334 e. The van der Waals surface area contributed by atoms with Crippen LogP contribution in [0.1, 0.15) is 6.92 Å². The van der Waals surface area contributed by atoms with Crippen molar-refractivity contribution in [3.8, 4) is 0 Å². The highest BCUT2D eigenvalue weighted by molar-refractivity contribution is 5.85. The number of aliphatic carboxylic acids is 1. The van der Waals surface area contributed by atoms with Crippen LogP contribution in [-0.4, -0.2) is 11.1 Å². The Balaban J connectivity index is -0.0000000600. The van der Waals surface area contributed by atoms with Gasteiger partial charge < -0.3 is 5.11 Å². The second kappa shape index (κ2) is 10.8. The Hall–Kier alpha value is -1.11. The van der Waals surface area contributed by atoms with Crippen LogP contribution in [0.25, 0.3) is 0 Å². The van der Waals surface area contributed by atoms with Gasteiger partial charge in [-0.25, -0.2) is 4.79 Å². The predicted molar refractivity (Wildman–Crippen MR) is 24.1 cm³/mol. The lowest BCUT2D eigenvalue weighted by atomic mass is 10.4. The first-order valence-corrected chi connectivity index (χ1v) is 1.70. The summed E-state index contributed by atoms with van der Waals surface area (Å²) >= 11 is 0. The highest BCUT2D eigenvalue weighted by Gasteiger charge is 1.96. The van der Waals surface area contributed by atoms with E-state index in [2.05, 4.69) is 0 Å². The molecule has 0 aromatic heterocycles. The minimum absolute atomic E-state index is 0. The number of hydrogen-bond donors (Lipinski definition) is 1. The van der Waals surface area contributed by atoms with Gasteiger partial charge in [0.1, 0.15) is 0 Å². The molecule has 0 aliphatic heterocycles. The van der Waals surface area contributed by atoms with Crippen molar-refractivity contribution in [2.75, 3.05) is 0 Å². The topological polar surface area (TPSA) is 143 Å². The Morgan fingerprint density at radius 2 is 1.60 bits per heavy atom. The van der Waals surface area contributed by atoms with Crippen molar-refractivity contribution in [2.24, 2.45) is 0 Å². The third kappa shape index (κ3) is 10.00. The van der Waals surface area contributed by atoms with E-state index < -0.39 is 5.97 Å². The van der Waals surface area contributed by atoms with E-state index in [9.17, 15) is 9.90 Å². The zero-order valence-corrected chi connectivity index (χ0v) is 5.07. The lowest BCUT2D eigenvalue weighted by Gasteiger charge is -1.81. The molecule has 10 heavy (non-hydrogen) atoms. The Kier molecular flexibility index (Phi) is 25.0. The Bertz CT molecular complexity index is 106. The van der Waals surface area contributed by atoms with Crippen LogP contribution in [0.15, 0.2) is 11.8 Å². The summed E-state index contributed by atoms with van der Waals surface area (Å²) in [6.45, 7) is 1.25. The average Bonchev–Trinajstić information content (AvgIpc) is 1.65. The molecule has 0 aromatic rings. The molecular formula is C4H5O6. The first-order valence-electron chi connectivity index (χ1n) is 1.70. The number of carboxylic acids is 1. The van der Waals surface area contributed by atoms with E-state index in [-0.39, 0.29) is 22.0 Å². The molecule has 0 heterocycles. The lowest BCUT2D eigenvalue weighted by Crippen LogP contribution is -1.94. The summed E-state index contributed by atoms with van der Waals surface area (Å²) in [4.78, 5) is 9.66. The Morgan fingerprint density at radius 1 is 1.30 bits per heavy atom. The van der Waals surface area contributed by atoms with Crippen molar-refractivity contribution in [2.45, 2.75) is 6.92 Å². The summed E-state index contributed by atoms with van der Waals surface area (Å²) in [5, 5.41) is 17.4. The molecule has 57 valence electrons. The minimum atomic E-state index is -1.16. The van der Waals surface area contributed by atoms with E-state index >= 15 is 0 Å². The summed E-state index contributed by atoms with van der Waals surface area (Å²) in [7, 11) is 0. The monoisotopic (exact) mass is 149 g/mol. The first kappa shape index (κ1) is 23.1. The lowest BCUT2D eigenvalue weighted by molar-refractivity contribution is -0.132. The summed E-state index contributed by atoms with van der Waals surface area (Å²) in [6.07, 6.45) is 0.308. The van der Waals surface area contributed by atoms with Crippen LogP contribution in [0.5, 0.6) is 0 Å². The third-order valence-corrected chi connectivity index (χ3v) is 0.514. The molecule has 0 amide bonds. The normalized spacial score (nSPS) is 7.90. The molecule has 0 aliphatic rings.